The molecule has 142 valence electrons. The molecule has 5 rings (SSSR count). The van der Waals surface area contributed by atoms with E-state index in [-0.39, 0.29) is 35.3 Å². The first-order chi connectivity index (χ1) is 14.1. The van der Waals surface area contributed by atoms with Crippen LogP contribution in [0.3, 0.4) is 0 Å². The minimum absolute atomic E-state index is 0.102. The molecule has 0 atom stereocenters. The van der Waals surface area contributed by atoms with Crippen LogP contribution in [0.25, 0.3) is 33.7 Å². The van der Waals surface area contributed by atoms with Crippen LogP contribution in [0.5, 0.6) is 0 Å². The van der Waals surface area contributed by atoms with Gasteiger partial charge in [-0.25, -0.2) is 38.4 Å². The number of aromatic nitrogens is 7. The first kappa shape index (κ1) is 17.0. The Hall–Kier alpha value is -4.08. The molecule has 0 radical (unpaired) electrons. The number of nitrogens with two attached hydrogens (primary N) is 1. The Kier molecular flexibility index (Phi) is 3.83. The zero-order chi connectivity index (χ0) is 20.0. The minimum atomic E-state index is -0.544. The molecule has 0 saturated heterocycles. The Morgan fingerprint density at radius 2 is 1.83 bits per heavy atom. The number of fused-ring (bicyclic) bond motifs is 2. The zero-order valence-corrected chi connectivity index (χ0v) is 14.8. The number of rotatable bonds is 3. The van der Waals surface area contributed by atoms with Gasteiger partial charge in [0.2, 0.25) is 0 Å². The van der Waals surface area contributed by atoms with Crippen molar-refractivity contribution in [1.82, 2.24) is 34.7 Å². The topological polar surface area (TPSA) is 108 Å². The van der Waals surface area contributed by atoms with Crippen LogP contribution < -0.4 is 5.73 Å². The van der Waals surface area contributed by atoms with Gasteiger partial charge in [-0.3, -0.25) is 0 Å². The molecule has 0 spiro atoms. The van der Waals surface area contributed by atoms with Gasteiger partial charge in [0.1, 0.15) is 22.8 Å². The second kappa shape index (κ2) is 6.51. The number of anilines is 1. The zero-order valence-electron chi connectivity index (χ0n) is 14.8. The Labute approximate surface area is 162 Å². The maximum absolute atomic E-state index is 14.1. The molecule has 0 aliphatic heterocycles. The predicted molar refractivity (Wildman–Crippen MR) is 102 cm³/mol. The Bertz CT molecular complexity index is 1380. The average Bonchev–Trinajstić information content (AvgIpc) is 3.07. The van der Waals surface area contributed by atoms with E-state index in [2.05, 4.69) is 30.0 Å². The highest BCUT2D eigenvalue weighted by Crippen LogP contribution is 2.28. The third-order valence-electron chi connectivity index (χ3n) is 4.40. The van der Waals surface area contributed by atoms with Gasteiger partial charge in [-0.2, -0.15) is 5.10 Å². The van der Waals surface area contributed by atoms with Crippen molar-refractivity contribution >= 4 is 28.0 Å². The molecule has 0 aliphatic carbocycles. The molecule has 0 saturated carbocycles. The lowest BCUT2D eigenvalue weighted by Gasteiger charge is -2.04. The summed E-state index contributed by atoms with van der Waals surface area (Å²) in [7, 11) is 0. The van der Waals surface area contributed by atoms with Crippen molar-refractivity contribution < 1.29 is 8.78 Å². The number of pyridine rings is 1. The fourth-order valence-electron chi connectivity index (χ4n) is 3.09. The van der Waals surface area contributed by atoms with Gasteiger partial charge < -0.3 is 5.73 Å². The monoisotopic (exact) mass is 390 g/mol. The highest BCUT2D eigenvalue weighted by Gasteiger charge is 2.19. The van der Waals surface area contributed by atoms with E-state index in [9.17, 15) is 8.78 Å². The summed E-state index contributed by atoms with van der Waals surface area (Å²) in [5.41, 5.74) is 7.69. The molecule has 10 heteroatoms. The van der Waals surface area contributed by atoms with Crippen molar-refractivity contribution in [3.05, 3.63) is 66.1 Å². The Morgan fingerprint density at radius 1 is 1.00 bits per heavy atom. The SMILES string of the molecule is Nc1nc(-c2nn(Cc3ccccc3F)c3ncc(F)cc23)nc2nccnc12. The largest absolute Gasteiger partial charge is 0.382 e. The quantitative estimate of drug-likeness (QED) is 0.504. The number of hydrogen-bond donors (Lipinski definition) is 1. The number of nitrogens with zero attached hydrogens (tertiary/aromatic N) is 7. The molecule has 0 amide bonds. The molecular formula is C19H12F2N8. The summed E-state index contributed by atoms with van der Waals surface area (Å²) < 4.78 is 29.5. The lowest BCUT2D eigenvalue weighted by Crippen LogP contribution is -2.05. The highest BCUT2D eigenvalue weighted by molar-refractivity contribution is 5.91. The van der Waals surface area contributed by atoms with E-state index in [4.69, 9.17) is 5.73 Å². The molecule has 0 unspecified atom stereocenters. The Balaban J connectivity index is 1.72. The van der Waals surface area contributed by atoms with Gasteiger partial charge in [-0.05, 0) is 12.1 Å². The summed E-state index contributed by atoms with van der Waals surface area (Å²) in [6.45, 7) is 0.102. The molecule has 1 aromatic carbocycles. The molecule has 5 aromatic rings. The van der Waals surface area contributed by atoms with Crippen LogP contribution >= 0.6 is 0 Å². The van der Waals surface area contributed by atoms with E-state index < -0.39 is 5.82 Å². The van der Waals surface area contributed by atoms with Crippen LogP contribution in [0.2, 0.25) is 0 Å². The molecule has 4 aromatic heterocycles. The average molecular weight is 390 g/mol. The van der Waals surface area contributed by atoms with Gasteiger partial charge in [0.05, 0.1) is 18.1 Å². The number of halogens is 2. The third kappa shape index (κ3) is 2.90. The van der Waals surface area contributed by atoms with Gasteiger partial charge in [0, 0.05) is 18.0 Å². The van der Waals surface area contributed by atoms with Gasteiger partial charge in [0.15, 0.2) is 22.9 Å². The van der Waals surface area contributed by atoms with Crippen molar-refractivity contribution in [2.24, 2.45) is 0 Å². The molecule has 29 heavy (non-hydrogen) atoms. The maximum Gasteiger partial charge on any atom is 0.185 e. The van der Waals surface area contributed by atoms with E-state index in [1.54, 1.807) is 18.2 Å². The summed E-state index contributed by atoms with van der Waals surface area (Å²) >= 11 is 0. The fourth-order valence-corrected chi connectivity index (χ4v) is 3.09. The fraction of sp³-hybridized carbons (Fsp3) is 0.0526. The van der Waals surface area contributed by atoms with Crippen LogP contribution in [-0.4, -0.2) is 34.7 Å². The number of benzene rings is 1. The van der Waals surface area contributed by atoms with Gasteiger partial charge in [-0.15, -0.1) is 0 Å². The summed E-state index contributed by atoms with van der Waals surface area (Å²) in [4.78, 5) is 21.0. The summed E-state index contributed by atoms with van der Waals surface area (Å²) in [6, 6.07) is 7.62. The first-order valence-electron chi connectivity index (χ1n) is 8.60. The Morgan fingerprint density at radius 3 is 2.69 bits per heavy atom. The smallest absolute Gasteiger partial charge is 0.185 e. The van der Waals surface area contributed by atoms with Gasteiger partial charge >= 0.3 is 0 Å². The lowest BCUT2D eigenvalue weighted by molar-refractivity contribution is 0.588. The molecule has 0 fully saturated rings. The van der Waals surface area contributed by atoms with E-state index >= 15 is 0 Å². The van der Waals surface area contributed by atoms with E-state index in [1.165, 1.54) is 29.2 Å². The van der Waals surface area contributed by atoms with E-state index in [1.807, 2.05) is 0 Å². The van der Waals surface area contributed by atoms with Crippen molar-refractivity contribution in [2.75, 3.05) is 5.73 Å². The van der Waals surface area contributed by atoms with Crippen LogP contribution in [0.15, 0.2) is 48.9 Å². The summed E-state index contributed by atoms with van der Waals surface area (Å²) in [6.07, 6.45) is 4.04. The summed E-state index contributed by atoms with van der Waals surface area (Å²) in [5, 5.41) is 4.86. The lowest BCUT2D eigenvalue weighted by atomic mass is 10.2. The number of hydrogen-bond acceptors (Lipinski definition) is 7. The molecular weight excluding hydrogens is 378 g/mol. The standard InChI is InChI=1S/C19H12F2N8/c20-11-7-12-14(18-26-16(22)15-17(27-18)24-6-5-23-15)28-29(19(12)25-8-11)9-10-3-1-2-4-13(10)21/h1-8H,9H2,(H2,22,24,26,27). The van der Waals surface area contributed by atoms with Crippen LogP contribution in [0.1, 0.15) is 5.56 Å². The van der Waals surface area contributed by atoms with E-state index in [0.29, 0.717) is 22.1 Å². The molecule has 4 heterocycles. The molecule has 2 N–H and O–H groups in total. The van der Waals surface area contributed by atoms with Crippen LogP contribution in [-0.2, 0) is 6.54 Å². The van der Waals surface area contributed by atoms with Crippen molar-refractivity contribution in [2.45, 2.75) is 6.54 Å². The molecule has 0 aliphatic rings. The molecule has 0 bridgehead atoms. The maximum atomic E-state index is 14.1. The highest BCUT2D eigenvalue weighted by atomic mass is 19.1. The van der Waals surface area contributed by atoms with Gasteiger partial charge in [0.25, 0.3) is 0 Å². The molecule has 8 nitrogen and oxygen atoms in total. The normalized spacial score (nSPS) is 11.4. The minimum Gasteiger partial charge on any atom is -0.382 e. The second-order valence-electron chi connectivity index (χ2n) is 6.28. The number of nitrogen functional groups attached to an aromatic ring is 1. The second-order valence-corrected chi connectivity index (χ2v) is 6.28. The summed E-state index contributed by atoms with van der Waals surface area (Å²) in [5.74, 6) is -0.640. The van der Waals surface area contributed by atoms with Crippen LogP contribution in [0, 0.1) is 11.6 Å². The van der Waals surface area contributed by atoms with E-state index in [0.717, 1.165) is 6.20 Å². The van der Waals surface area contributed by atoms with Crippen molar-refractivity contribution in [3.63, 3.8) is 0 Å². The third-order valence-corrected chi connectivity index (χ3v) is 4.40. The van der Waals surface area contributed by atoms with Gasteiger partial charge in [-0.1, -0.05) is 18.2 Å². The van der Waals surface area contributed by atoms with Crippen molar-refractivity contribution in [1.29, 1.82) is 0 Å². The van der Waals surface area contributed by atoms with Crippen LogP contribution in [0.4, 0.5) is 14.6 Å². The predicted octanol–water partition coefficient (Wildman–Crippen LogP) is 2.74. The van der Waals surface area contributed by atoms with Crippen molar-refractivity contribution in [3.8, 4) is 11.5 Å². The first-order valence-corrected chi connectivity index (χ1v) is 8.60.